The van der Waals surface area contributed by atoms with Gasteiger partial charge >= 0.3 is 0 Å². The minimum Gasteiger partial charge on any atom is -0.493 e. The van der Waals surface area contributed by atoms with Gasteiger partial charge in [0, 0.05) is 11.3 Å². The van der Waals surface area contributed by atoms with Crippen molar-refractivity contribution in [1.82, 2.24) is 5.43 Å². The van der Waals surface area contributed by atoms with Crippen molar-refractivity contribution in [3.8, 4) is 11.5 Å². The summed E-state index contributed by atoms with van der Waals surface area (Å²) in [7, 11) is 1.57. The first-order valence-corrected chi connectivity index (χ1v) is 10.0. The van der Waals surface area contributed by atoms with Crippen molar-refractivity contribution in [2.45, 2.75) is 39.5 Å². The van der Waals surface area contributed by atoms with Crippen LogP contribution in [0.15, 0.2) is 47.6 Å². The molecular weight excluding hydrogens is 382 g/mol. The Morgan fingerprint density at radius 3 is 2.60 bits per heavy atom. The summed E-state index contributed by atoms with van der Waals surface area (Å²) in [5.41, 5.74) is 4.66. The van der Waals surface area contributed by atoms with Crippen LogP contribution in [0.1, 0.15) is 43.7 Å². The minimum atomic E-state index is -0.509. The first-order valence-electron chi connectivity index (χ1n) is 10.0. The number of rotatable bonds is 11. The van der Waals surface area contributed by atoms with Crippen LogP contribution in [-0.2, 0) is 9.59 Å². The Morgan fingerprint density at radius 1 is 1.07 bits per heavy atom. The average molecular weight is 412 g/mol. The van der Waals surface area contributed by atoms with E-state index in [0.717, 1.165) is 24.8 Å². The molecule has 0 heterocycles. The Morgan fingerprint density at radius 2 is 1.87 bits per heavy atom. The highest BCUT2D eigenvalue weighted by atomic mass is 16.5. The maximum Gasteiger partial charge on any atom is 0.249 e. The minimum absolute atomic E-state index is 0.329. The van der Waals surface area contributed by atoms with Crippen LogP contribution in [0.5, 0.6) is 11.5 Å². The summed E-state index contributed by atoms with van der Waals surface area (Å²) in [4.78, 5) is 24.1. The Labute approximate surface area is 177 Å². The molecule has 7 nitrogen and oxygen atoms in total. The van der Waals surface area contributed by atoms with Crippen molar-refractivity contribution < 1.29 is 19.1 Å². The number of unbranched alkanes of at least 4 members (excludes halogenated alkanes) is 2. The number of benzene rings is 2. The Kier molecular flexibility index (Phi) is 9.37. The van der Waals surface area contributed by atoms with Crippen LogP contribution >= 0.6 is 0 Å². The van der Waals surface area contributed by atoms with Gasteiger partial charge in [0.25, 0.3) is 0 Å². The fourth-order valence-corrected chi connectivity index (χ4v) is 2.74. The van der Waals surface area contributed by atoms with Crippen LogP contribution < -0.4 is 20.2 Å². The second-order valence-corrected chi connectivity index (χ2v) is 6.77. The van der Waals surface area contributed by atoms with Gasteiger partial charge in [-0.05, 0) is 37.1 Å². The van der Waals surface area contributed by atoms with E-state index < -0.39 is 11.8 Å². The second-order valence-electron chi connectivity index (χ2n) is 6.77. The highest BCUT2D eigenvalue weighted by molar-refractivity contribution is 6.04. The van der Waals surface area contributed by atoms with Gasteiger partial charge in [-0.3, -0.25) is 9.59 Å². The van der Waals surface area contributed by atoms with Crippen LogP contribution in [-0.4, -0.2) is 31.7 Å². The van der Waals surface area contributed by atoms with Crippen LogP contribution in [0.3, 0.4) is 0 Å². The Hall–Kier alpha value is -3.35. The molecule has 2 aromatic carbocycles. The summed E-state index contributed by atoms with van der Waals surface area (Å²) in [5, 5.41) is 6.68. The number of amides is 2. The summed E-state index contributed by atoms with van der Waals surface area (Å²) < 4.78 is 11.2. The zero-order valence-corrected chi connectivity index (χ0v) is 17.7. The van der Waals surface area contributed by atoms with E-state index in [0.29, 0.717) is 29.4 Å². The van der Waals surface area contributed by atoms with E-state index in [1.165, 1.54) is 6.21 Å². The van der Waals surface area contributed by atoms with E-state index in [2.05, 4.69) is 22.8 Å². The molecule has 160 valence electrons. The standard InChI is InChI=1S/C23H29N3O4/c1-4-5-8-14-30-23-18(11-9-13-20(23)29-3)16-24-26-22(28)15-21(27)25-19-12-7-6-10-17(19)2/h6-7,9-13,16H,4-5,8,14-15H2,1-3H3,(H,25,27)(H,26,28). The van der Waals surface area contributed by atoms with Gasteiger partial charge in [0.15, 0.2) is 11.5 Å². The van der Waals surface area contributed by atoms with Crippen molar-refractivity contribution in [2.24, 2.45) is 5.10 Å². The SMILES string of the molecule is CCCCCOc1c(C=NNC(=O)CC(=O)Nc2ccccc2C)cccc1OC. The van der Waals surface area contributed by atoms with Gasteiger partial charge in [-0.1, -0.05) is 44.0 Å². The molecule has 0 spiro atoms. The summed E-state index contributed by atoms with van der Waals surface area (Å²) in [6, 6.07) is 12.8. The van der Waals surface area contributed by atoms with Gasteiger partial charge in [-0.15, -0.1) is 0 Å². The maximum absolute atomic E-state index is 12.1. The third kappa shape index (κ3) is 7.24. The molecule has 0 aliphatic heterocycles. The molecule has 0 aliphatic rings. The molecule has 0 aliphatic carbocycles. The summed E-state index contributed by atoms with van der Waals surface area (Å²) in [6.45, 7) is 4.58. The molecule has 0 radical (unpaired) electrons. The topological polar surface area (TPSA) is 89.0 Å². The first-order chi connectivity index (χ1) is 14.5. The number of hydrazone groups is 1. The molecule has 0 unspecified atom stereocenters. The average Bonchev–Trinajstić information content (AvgIpc) is 2.73. The number of hydrogen-bond donors (Lipinski definition) is 2. The zero-order chi connectivity index (χ0) is 21.8. The Balaban J connectivity index is 1.93. The van der Waals surface area contributed by atoms with Gasteiger partial charge < -0.3 is 14.8 Å². The first kappa shape index (κ1) is 22.9. The van der Waals surface area contributed by atoms with E-state index in [-0.39, 0.29) is 6.42 Å². The van der Waals surface area contributed by atoms with Gasteiger partial charge in [0.05, 0.1) is 19.9 Å². The quantitative estimate of drug-likeness (QED) is 0.253. The molecule has 0 saturated carbocycles. The maximum atomic E-state index is 12.1. The lowest BCUT2D eigenvalue weighted by Crippen LogP contribution is -2.24. The van der Waals surface area contributed by atoms with Gasteiger partial charge in [-0.2, -0.15) is 5.10 Å². The summed E-state index contributed by atoms with van der Waals surface area (Å²) >= 11 is 0. The van der Waals surface area contributed by atoms with E-state index >= 15 is 0 Å². The normalized spacial score (nSPS) is 10.6. The van der Waals surface area contributed by atoms with E-state index in [4.69, 9.17) is 9.47 Å². The van der Waals surface area contributed by atoms with Crippen LogP contribution in [0.2, 0.25) is 0 Å². The number of carbonyl (C=O) groups excluding carboxylic acids is 2. The number of hydrogen-bond acceptors (Lipinski definition) is 5. The van der Waals surface area contributed by atoms with Crippen molar-refractivity contribution in [1.29, 1.82) is 0 Å². The molecule has 7 heteroatoms. The lowest BCUT2D eigenvalue weighted by Gasteiger charge is -2.13. The third-order valence-corrected chi connectivity index (χ3v) is 4.36. The number of nitrogens with one attached hydrogen (secondary N) is 2. The molecular formula is C23H29N3O4. The monoisotopic (exact) mass is 411 g/mol. The van der Waals surface area contributed by atoms with Gasteiger partial charge in [0.2, 0.25) is 11.8 Å². The van der Waals surface area contributed by atoms with Crippen molar-refractivity contribution in [2.75, 3.05) is 19.0 Å². The fourth-order valence-electron chi connectivity index (χ4n) is 2.74. The molecule has 2 N–H and O–H groups in total. The fraction of sp³-hybridized carbons (Fsp3) is 0.348. The van der Waals surface area contributed by atoms with Crippen molar-refractivity contribution in [3.05, 3.63) is 53.6 Å². The van der Waals surface area contributed by atoms with Gasteiger partial charge in [0.1, 0.15) is 6.42 Å². The number of carbonyl (C=O) groups is 2. The zero-order valence-electron chi connectivity index (χ0n) is 17.7. The number of nitrogens with zero attached hydrogens (tertiary/aromatic N) is 1. The predicted octanol–water partition coefficient (Wildman–Crippen LogP) is 4.05. The molecule has 0 aromatic heterocycles. The largest absolute Gasteiger partial charge is 0.493 e. The molecule has 0 bridgehead atoms. The molecule has 2 aromatic rings. The van der Waals surface area contributed by atoms with Crippen LogP contribution in [0, 0.1) is 6.92 Å². The molecule has 30 heavy (non-hydrogen) atoms. The number of methoxy groups -OCH3 is 1. The summed E-state index contributed by atoms with van der Waals surface area (Å²) in [6.07, 6.45) is 4.28. The number of para-hydroxylation sites is 2. The van der Waals surface area contributed by atoms with Crippen molar-refractivity contribution >= 4 is 23.7 Å². The smallest absolute Gasteiger partial charge is 0.249 e. The van der Waals surface area contributed by atoms with Gasteiger partial charge in [-0.25, -0.2) is 5.43 Å². The van der Waals surface area contributed by atoms with E-state index in [9.17, 15) is 9.59 Å². The molecule has 0 saturated heterocycles. The predicted molar refractivity (Wildman–Crippen MR) is 118 cm³/mol. The molecule has 2 amide bonds. The lowest BCUT2D eigenvalue weighted by atomic mass is 10.2. The number of ether oxygens (including phenoxy) is 2. The number of anilines is 1. The van der Waals surface area contributed by atoms with E-state index in [1.54, 1.807) is 19.2 Å². The van der Waals surface area contributed by atoms with E-state index in [1.807, 2.05) is 37.3 Å². The lowest BCUT2D eigenvalue weighted by molar-refractivity contribution is -0.126. The molecule has 0 atom stereocenters. The Bertz CT molecular complexity index is 881. The highest BCUT2D eigenvalue weighted by Gasteiger charge is 2.11. The van der Waals surface area contributed by atoms with Crippen molar-refractivity contribution in [3.63, 3.8) is 0 Å². The number of aryl methyl sites for hydroxylation is 1. The third-order valence-electron chi connectivity index (χ3n) is 4.36. The van der Waals surface area contributed by atoms with Crippen LogP contribution in [0.4, 0.5) is 5.69 Å². The highest BCUT2D eigenvalue weighted by Crippen LogP contribution is 2.30. The molecule has 0 fully saturated rings. The summed E-state index contributed by atoms with van der Waals surface area (Å²) in [5.74, 6) is 0.259. The molecule has 2 rings (SSSR count). The second kappa shape index (κ2) is 12.3. The van der Waals surface area contributed by atoms with Crippen LogP contribution in [0.25, 0.3) is 0 Å².